The lowest BCUT2D eigenvalue weighted by molar-refractivity contribution is 0.102. The standard InChI is InChI=1S/C20H21BrN4OS/c1-5-12(3)24-25-20-22-16-9-11(2)17(13(4)18(16)27-20)23-19(26)14-7-6-8-15(21)10-14/h6-10H,5H2,1-4H3,(H,22,25)(H,23,26)/b24-12+. The quantitative estimate of drug-likeness (QED) is 0.367. The zero-order chi connectivity index (χ0) is 19.6. The second-order valence-corrected chi connectivity index (χ2v) is 8.25. The fourth-order valence-corrected chi connectivity index (χ4v) is 3.96. The van der Waals surface area contributed by atoms with Crippen molar-refractivity contribution in [3.05, 3.63) is 51.5 Å². The van der Waals surface area contributed by atoms with Gasteiger partial charge in [0, 0.05) is 21.4 Å². The molecule has 0 radical (unpaired) electrons. The highest BCUT2D eigenvalue weighted by Crippen LogP contribution is 2.35. The van der Waals surface area contributed by atoms with Gasteiger partial charge in [0.05, 0.1) is 10.2 Å². The minimum Gasteiger partial charge on any atom is -0.321 e. The third-order valence-corrected chi connectivity index (χ3v) is 5.88. The predicted molar refractivity (Wildman–Crippen MR) is 118 cm³/mol. The minimum atomic E-state index is -0.132. The lowest BCUT2D eigenvalue weighted by Gasteiger charge is -2.12. The molecule has 0 aliphatic rings. The zero-order valence-corrected chi connectivity index (χ0v) is 18.1. The van der Waals surface area contributed by atoms with E-state index in [4.69, 9.17) is 0 Å². The number of thiazole rings is 1. The van der Waals surface area contributed by atoms with Crippen LogP contribution in [0, 0.1) is 13.8 Å². The van der Waals surface area contributed by atoms with Gasteiger partial charge in [-0.3, -0.25) is 10.2 Å². The normalized spacial score (nSPS) is 11.7. The van der Waals surface area contributed by atoms with E-state index in [1.807, 2.05) is 39.0 Å². The van der Waals surface area contributed by atoms with Gasteiger partial charge in [-0.05, 0) is 62.6 Å². The van der Waals surface area contributed by atoms with Crippen molar-refractivity contribution in [1.29, 1.82) is 0 Å². The SMILES string of the molecule is CC/C(C)=N/Nc1nc2cc(C)c(NC(=O)c3cccc(Br)c3)c(C)c2s1. The smallest absolute Gasteiger partial charge is 0.255 e. The molecular formula is C20H21BrN4OS. The Morgan fingerprint density at radius 3 is 2.78 bits per heavy atom. The number of nitrogens with one attached hydrogen (secondary N) is 2. The van der Waals surface area contributed by atoms with Crippen LogP contribution in [-0.2, 0) is 0 Å². The molecule has 5 nitrogen and oxygen atoms in total. The Labute approximate surface area is 171 Å². The summed E-state index contributed by atoms with van der Waals surface area (Å²) in [6.45, 7) is 8.03. The molecular weight excluding hydrogens is 424 g/mol. The van der Waals surface area contributed by atoms with Crippen LogP contribution in [0.2, 0.25) is 0 Å². The number of rotatable bonds is 5. The van der Waals surface area contributed by atoms with Crippen molar-refractivity contribution in [1.82, 2.24) is 4.98 Å². The average molecular weight is 445 g/mol. The number of hydrogen-bond acceptors (Lipinski definition) is 5. The molecule has 2 N–H and O–H groups in total. The van der Waals surface area contributed by atoms with E-state index in [-0.39, 0.29) is 5.91 Å². The second-order valence-electron chi connectivity index (χ2n) is 6.34. The summed E-state index contributed by atoms with van der Waals surface area (Å²) in [4.78, 5) is 17.3. The van der Waals surface area contributed by atoms with Gasteiger partial charge in [-0.15, -0.1) is 0 Å². The van der Waals surface area contributed by atoms with E-state index >= 15 is 0 Å². The summed E-state index contributed by atoms with van der Waals surface area (Å²) in [6, 6.07) is 9.35. The fraction of sp³-hybridized carbons (Fsp3) is 0.250. The van der Waals surface area contributed by atoms with Gasteiger partial charge in [0.2, 0.25) is 5.13 Å². The summed E-state index contributed by atoms with van der Waals surface area (Å²) in [6.07, 6.45) is 0.891. The van der Waals surface area contributed by atoms with Gasteiger partial charge in [-0.1, -0.05) is 40.3 Å². The number of hydrazone groups is 1. The number of anilines is 2. The molecule has 140 valence electrons. The molecule has 0 fully saturated rings. The molecule has 0 saturated carbocycles. The molecule has 2 aromatic carbocycles. The van der Waals surface area contributed by atoms with E-state index in [0.29, 0.717) is 5.56 Å². The average Bonchev–Trinajstić information content (AvgIpc) is 3.06. The first-order valence-corrected chi connectivity index (χ1v) is 10.3. The summed E-state index contributed by atoms with van der Waals surface area (Å²) in [5.74, 6) is -0.132. The number of aromatic nitrogens is 1. The maximum atomic E-state index is 12.6. The first-order valence-electron chi connectivity index (χ1n) is 8.66. The number of carbonyl (C=O) groups excluding carboxylic acids is 1. The highest BCUT2D eigenvalue weighted by molar-refractivity contribution is 9.10. The maximum absolute atomic E-state index is 12.6. The van der Waals surface area contributed by atoms with Crippen molar-refractivity contribution in [2.75, 3.05) is 10.7 Å². The Balaban J connectivity index is 1.93. The first kappa shape index (κ1) is 19.5. The molecule has 1 heterocycles. The van der Waals surface area contributed by atoms with Crippen molar-refractivity contribution < 1.29 is 4.79 Å². The van der Waals surface area contributed by atoms with E-state index in [2.05, 4.69) is 43.7 Å². The van der Waals surface area contributed by atoms with Gasteiger partial charge < -0.3 is 5.32 Å². The maximum Gasteiger partial charge on any atom is 0.255 e. The molecule has 3 rings (SSSR count). The van der Waals surface area contributed by atoms with E-state index in [0.717, 1.165) is 48.8 Å². The van der Waals surface area contributed by atoms with Crippen LogP contribution in [-0.4, -0.2) is 16.6 Å². The Morgan fingerprint density at radius 1 is 1.30 bits per heavy atom. The number of benzene rings is 2. The Bertz CT molecular complexity index is 1040. The summed E-state index contributed by atoms with van der Waals surface area (Å²) in [5.41, 5.74) is 8.38. The van der Waals surface area contributed by atoms with E-state index in [1.165, 1.54) is 11.3 Å². The topological polar surface area (TPSA) is 66.4 Å². The third-order valence-electron chi connectivity index (χ3n) is 4.30. The number of hydrogen-bond donors (Lipinski definition) is 2. The van der Waals surface area contributed by atoms with E-state index in [1.54, 1.807) is 12.1 Å². The van der Waals surface area contributed by atoms with Gasteiger partial charge >= 0.3 is 0 Å². The number of amides is 1. The Kier molecular flexibility index (Phi) is 5.92. The molecule has 0 saturated heterocycles. The van der Waals surface area contributed by atoms with Gasteiger partial charge in [-0.2, -0.15) is 5.10 Å². The highest BCUT2D eigenvalue weighted by atomic mass is 79.9. The molecule has 7 heteroatoms. The molecule has 0 aliphatic heterocycles. The molecule has 0 bridgehead atoms. The van der Waals surface area contributed by atoms with Crippen LogP contribution in [0.5, 0.6) is 0 Å². The van der Waals surface area contributed by atoms with Crippen LogP contribution in [0.15, 0.2) is 39.9 Å². The molecule has 3 aromatic rings. The van der Waals surface area contributed by atoms with Crippen LogP contribution >= 0.6 is 27.3 Å². The van der Waals surface area contributed by atoms with Gasteiger partial charge in [-0.25, -0.2) is 4.98 Å². The second kappa shape index (κ2) is 8.19. The van der Waals surface area contributed by atoms with Crippen molar-refractivity contribution in [3.63, 3.8) is 0 Å². The van der Waals surface area contributed by atoms with Crippen LogP contribution in [0.3, 0.4) is 0 Å². The minimum absolute atomic E-state index is 0.132. The summed E-state index contributed by atoms with van der Waals surface area (Å²) < 4.78 is 1.91. The lowest BCUT2D eigenvalue weighted by atomic mass is 10.1. The monoisotopic (exact) mass is 444 g/mol. The molecule has 0 atom stereocenters. The molecule has 27 heavy (non-hydrogen) atoms. The van der Waals surface area contributed by atoms with Gasteiger partial charge in [0.1, 0.15) is 0 Å². The summed E-state index contributed by atoms with van der Waals surface area (Å²) in [5, 5.41) is 8.12. The van der Waals surface area contributed by atoms with Gasteiger partial charge in [0.15, 0.2) is 0 Å². The summed E-state index contributed by atoms with van der Waals surface area (Å²) in [7, 11) is 0. The largest absolute Gasteiger partial charge is 0.321 e. The van der Waals surface area contributed by atoms with Crippen LogP contribution in [0.4, 0.5) is 10.8 Å². The highest BCUT2D eigenvalue weighted by Gasteiger charge is 2.15. The molecule has 0 unspecified atom stereocenters. The number of nitrogens with zero attached hydrogens (tertiary/aromatic N) is 2. The molecule has 1 amide bonds. The van der Waals surface area contributed by atoms with Crippen molar-refractivity contribution in [3.8, 4) is 0 Å². The number of halogens is 1. The molecule has 0 spiro atoms. The van der Waals surface area contributed by atoms with Crippen LogP contribution in [0.25, 0.3) is 10.2 Å². The lowest BCUT2D eigenvalue weighted by Crippen LogP contribution is -2.13. The number of aryl methyl sites for hydroxylation is 2. The molecule has 0 aliphatic carbocycles. The number of carbonyl (C=O) groups is 1. The molecule has 1 aromatic heterocycles. The van der Waals surface area contributed by atoms with Crippen molar-refractivity contribution in [2.45, 2.75) is 34.1 Å². The van der Waals surface area contributed by atoms with Crippen molar-refractivity contribution >= 4 is 59.9 Å². The first-order chi connectivity index (χ1) is 12.9. The van der Waals surface area contributed by atoms with E-state index in [9.17, 15) is 4.79 Å². The Morgan fingerprint density at radius 2 is 2.07 bits per heavy atom. The fourth-order valence-electron chi connectivity index (χ4n) is 2.66. The number of fused-ring (bicyclic) bond motifs is 1. The van der Waals surface area contributed by atoms with Crippen LogP contribution < -0.4 is 10.7 Å². The Hall–Kier alpha value is -2.25. The van der Waals surface area contributed by atoms with Crippen molar-refractivity contribution in [2.24, 2.45) is 5.10 Å². The zero-order valence-electron chi connectivity index (χ0n) is 15.7. The van der Waals surface area contributed by atoms with E-state index < -0.39 is 0 Å². The summed E-state index contributed by atoms with van der Waals surface area (Å²) >= 11 is 4.94. The third kappa shape index (κ3) is 4.36. The van der Waals surface area contributed by atoms with Crippen LogP contribution in [0.1, 0.15) is 41.8 Å². The van der Waals surface area contributed by atoms with Gasteiger partial charge in [0.25, 0.3) is 5.91 Å². The predicted octanol–water partition coefficient (Wildman–Crippen LogP) is 6.13.